The van der Waals surface area contributed by atoms with Crippen LogP contribution < -0.4 is 5.73 Å². The number of hydrogen-bond donors (Lipinski definition) is 2. The normalized spacial score (nSPS) is 9.43. The second-order valence-corrected chi connectivity index (χ2v) is 2.65. The lowest BCUT2D eigenvalue weighted by Gasteiger charge is -1.98. The fourth-order valence-corrected chi connectivity index (χ4v) is 1.11. The molecule has 2 rings (SSSR count). The molecule has 0 unspecified atom stereocenters. The summed E-state index contributed by atoms with van der Waals surface area (Å²) < 4.78 is 0. The van der Waals surface area contributed by atoms with Gasteiger partial charge in [0.05, 0.1) is 11.0 Å². The van der Waals surface area contributed by atoms with Gasteiger partial charge in [0.15, 0.2) is 0 Å². The van der Waals surface area contributed by atoms with E-state index in [9.17, 15) is 0 Å². The Kier molecular flexibility index (Phi) is 2.99. The van der Waals surface area contributed by atoms with Crippen molar-refractivity contribution in [3.63, 3.8) is 0 Å². The molecule has 0 aliphatic rings. The van der Waals surface area contributed by atoms with Crippen LogP contribution in [0.15, 0.2) is 30.5 Å². The van der Waals surface area contributed by atoms with Crippen molar-refractivity contribution < 1.29 is 0 Å². The van der Waals surface area contributed by atoms with Crippen LogP contribution >= 0.6 is 12.4 Å². The van der Waals surface area contributed by atoms with E-state index in [4.69, 9.17) is 11.1 Å². The molecule has 2 heterocycles. The van der Waals surface area contributed by atoms with Crippen LogP contribution in [-0.4, -0.2) is 15.8 Å². The molecule has 0 saturated heterocycles. The highest BCUT2D eigenvalue weighted by molar-refractivity contribution is 5.94. The van der Waals surface area contributed by atoms with E-state index in [2.05, 4.69) is 9.97 Å². The van der Waals surface area contributed by atoms with Gasteiger partial charge in [-0.25, -0.2) is 4.98 Å². The number of rotatable bonds is 1. The van der Waals surface area contributed by atoms with Gasteiger partial charge in [-0.05, 0) is 24.3 Å². The number of fused-ring (bicyclic) bond motifs is 1. The van der Waals surface area contributed by atoms with Crippen LogP contribution in [0, 0.1) is 5.41 Å². The second kappa shape index (κ2) is 4.02. The number of aromatic nitrogens is 2. The zero-order valence-corrected chi connectivity index (χ0v) is 8.08. The van der Waals surface area contributed by atoms with E-state index in [0.717, 1.165) is 11.0 Å². The molecule has 3 N–H and O–H groups in total. The molecule has 0 saturated carbocycles. The third-order valence-corrected chi connectivity index (χ3v) is 1.73. The van der Waals surface area contributed by atoms with Crippen molar-refractivity contribution in [3.05, 3.63) is 36.2 Å². The van der Waals surface area contributed by atoms with Crippen LogP contribution in [0.3, 0.4) is 0 Å². The molecule has 2 aromatic rings. The molecule has 0 atom stereocenters. The zero-order chi connectivity index (χ0) is 9.26. The lowest BCUT2D eigenvalue weighted by molar-refractivity contribution is 1.28. The number of halogens is 1. The average molecular weight is 209 g/mol. The predicted molar refractivity (Wildman–Crippen MR) is 57.8 cm³/mol. The number of nitrogen functional groups attached to an aromatic ring is 1. The van der Waals surface area contributed by atoms with Gasteiger partial charge < -0.3 is 5.73 Å². The average Bonchev–Trinajstić information content (AvgIpc) is 2.17. The van der Waals surface area contributed by atoms with Crippen molar-refractivity contribution >= 4 is 29.3 Å². The topological polar surface area (TPSA) is 75.7 Å². The van der Waals surface area contributed by atoms with E-state index >= 15 is 0 Å². The summed E-state index contributed by atoms with van der Waals surface area (Å²) in [4.78, 5) is 8.27. The SMILES string of the molecule is Cl.N=C(N)c1ccc2ncccc2n1. The Labute approximate surface area is 87.1 Å². The van der Waals surface area contributed by atoms with Crippen molar-refractivity contribution in [2.45, 2.75) is 0 Å². The van der Waals surface area contributed by atoms with Crippen molar-refractivity contribution in [1.82, 2.24) is 9.97 Å². The van der Waals surface area contributed by atoms with Gasteiger partial charge in [0.25, 0.3) is 0 Å². The summed E-state index contributed by atoms with van der Waals surface area (Å²) in [7, 11) is 0. The second-order valence-electron chi connectivity index (χ2n) is 2.65. The van der Waals surface area contributed by atoms with Gasteiger partial charge in [-0.1, -0.05) is 0 Å². The molecule has 0 bridgehead atoms. The molecule has 0 fully saturated rings. The molecule has 0 aliphatic carbocycles. The van der Waals surface area contributed by atoms with E-state index in [1.54, 1.807) is 24.4 Å². The predicted octanol–water partition coefficient (Wildman–Crippen LogP) is 1.34. The van der Waals surface area contributed by atoms with Crippen LogP contribution in [0.4, 0.5) is 0 Å². The summed E-state index contributed by atoms with van der Waals surface area (Å²) in [6.07, 6.45) is 1.71. The molecule has 2 aromatic heterocycles. The lowest BCUT2D eigenvalue weighted by Crippen LogP contribution is -2.12. The summed E-state index contributed by atoms with van der Waals surface area (Å²) in [6.45, 7) is 0. The van der Waals surface area contributed by atoms with Crippen LogP contribution in [0.5, 0.6) is 0 Å². The molecule has 5 heteroatoms. The molecule has 4 nitrogen and oxygen atoms in total. The number of hydrogen-bond acceptors (Lipinski definition) is 3. The Morgan fingerprint density at radius 1 is 1.21 bits per heavy atom. The van der Waals surface area contributed by atoms with Crippen LogP contribution in [-0.2, 0) is 0 Å². The minimum absolute atomic E-state index is 0. The van der Waals surface area contributed by atoms with Gasteiger partial charge in [-0.3, -0.25) is 10.4 Å². The minimum Gasteiger partial charge on any atom is -0.382 e. The van der Waals surface area contributed by atoms with E-state index in [-0.39, 0.29) is 18.2 Å². The van der Waals surface area contributed by atoms with Gasteiger partial charge in [0, 0.05) is 6.20 Å². The summed E-state index contributed by atoms with van der Waals surface area (Å²) in [5, 5.41) is 7.21. The van der Waals surface area contributed by atoms with Crippen molar-refractivity contribution in [2.75, 3.05) is 0 Å². The maximum Gasteiger partial charge on any atom is 0.141 e. The van der Waals surface area contributed by atoms with Crippen molar-refractivity contribution in [1.29, 1.82) is 5.41 Å². The molecule has 0 spiro atoms. The first-order valence-electron chi connectivity index (χ1n) is 3.83. The molecular weight excluding hydrogens is 200 g/mol. The first-order valence-corrected chi connectivity index (χ1v) is 3.83. The zero-order valence-electron chi connectivity index (χ0n) is 7.27. The lowest BCUT2D eigenvalue weighted by atomic mass is 10.2. The Balaban J connectivity index is 0.000000980. The van der Waals surface area contributed by atoms with E-state index < -0.39 is 0 Å². The van der Waals surface area contributed by atoms with E-state index in [0.29, 0.717) is 5.69 Å². The number of nitrogens with zero attached hydrogens (tertiary/aromatic N) is 2. The summed E-state index contributed by atoms with van der Waals surface area (Å²) in [6, 6.07) is 7.14. The van der Waals surface area contributed by atoms with Gasteiger partial charge in [0.1, 0.15) is 11.5 Å². The van der Waals surface area contributed by atoms with Crippen molar-refractivity contribution in [2.24, 2.45) is 5.73 Å². The van der Waals surface area contributed by atoms with Gasteiger partial charge in [-0.2, -0.15) is 0 Å². The summed E-state index contributed by atoms with van der Waals surface area (Å²) >= 11 is 0. The Hall–Kier alpha value is -1.68. The summed E-state index contributed by atoms with van der Waals surface area (Å²) in [5.74, 6) is -0.0225. The maximum absolute atomic E-state index is 7.21. The minimum atomic E-state index is -0.0225. The highest BCUT2D eigenvalue weighted by atomic mass is 35.5. The maximum atomic E-state index is 7.21. The Morgan fingerprint density at radius 2 is 2.00 bits per heavy atom. The molecular formula is C9H9ClN4. The largest absolute Gasteiger partial charge is 0.382 e. The highest BCUT2D eigenvalue weighted by Crippen LogP contribution is 2.07. The molecule has 0 radical (unpaired) electrons. The van der Waals surface area contributed by atoms with E-state index in [1.807, 2.05) is 6.07 Å². The van der Waals surface area contributed by atoms with Gasteiger partial charge in [0.2, 0.25) is 0 Å². The number of nitrogens with one attached hydrogen (secondary N) is 1. The van der Waals surface area contributed by atoms with Crippen molar-refractivity contribution in [3.8, 4) is 0 Å². The molecule has 0 amide bonds. The fraction of sp³-hybridized carbons (Fsp3) is 0. The van der Waals surface area contributed by atoms with Crippen LogP contribution in [0.1, 0.15) is 5.69 Å². The first kappa shape index (κ1) is 10.4. The standard InChI is InChI=1S/C9H8N4.ClH/c10-9(11)8-4-3-6-7(13-8)2-1-5-12-6;/h1-5H,(H3,10,11);1H. The molecule has 72 valence electrons. The number of nitrogens with two attached hydrogens (primary N) is 1. The number of pyridine rings is 2. The fourth-order valence-electron chi connectivity index (χ4n) is 1.11. The van der Waals surface area contributed by atoms with Gasteiger partial charge >= 0.3 is 0 Å². The smallest absolute Gasteiger partial charge is 0.141 e. The van der Waals surface area contributed by atoms with E-state index in [1.165, 1.54) is 0 Å². The number of amidine groups is 1. The highest BCUT2D eigenvalue weighted by Gasteiger charge is 1.99. The Bertz CT molecular complexity index is 469. The first-order chi connectivity index (χ1) is 6.27. The monoisotopic (exact) mass is 208 g/mol. The van der Waals surface area contributed by atoms with Gasteiger partial charge in [-0.15, -0.1) is 12.4 Å². The molecule has 0 aliphatic heterocycles. The van der Waals surface area contributed by atoms with Crippen LogP contribution in [0.2, 0.25) is 0 Å². The third-order valence-electron chi connectivity index (χ3n) is 1.73. The summed E-state index contributed by atoms with van der Waals surface area (Å²) in [5.41, 5.74) is 7.36. The Morgan fingerprint density at radius 3 is 2.71 bits per heavy atom. The quantitative estimate of drug-likeness (QED) is 0.549. The molecule has 14 heavy (non-hydrogen) atoms. The third kappa shape index (κ3) is 1.80. The van der Waals surface area contributed by atoms with Crippen LogP contribution in [0.25, 0.3) is 11.0 Å². The molecule has 0 aromatic carbocycles.